The summed E-state index contributed by atoms with van der Waals surface area (Å²) in [5, 5.41) is 14.7. The van der Waals surface area contributed by atoms with E-state index in [2.05, 4.69) is 53.5 Å². The Kier molecular flexibility index (Phi) is 4.13. The fourth-order valence-corrected chi connectivity index (χ4v) is 3.95. The maximum Gasteiger partial charge on any atom is 0.272 e. The molecule has 0 saturated heterocycles. The number of nitrogens with zero attached hydrogens (tertiary/aromatic N) is 3. The van der Waals surface area contributed by atoms with Gasteiger partial charge in [0.05, 0.1) is 23.6 Å². The molecule has 2 aromatic heterocycles. The fraction of sp³-hybridized carbons (Fsp3) is 0.381. The molecular weight excluding hydrogens is 338 g/mol. The topological polar surface area (TPSA) is 75.6 Å². The van der Waals surface area contributed by atoms with Crippen molar-refractivity contribution in [2.75, 3.05) is 0 Å². The average molecular weight is 363 g/mol. The molecule has 1 aliphatic carbocycles. The zero-order valence-electron chi connectivity index (χ0n) is 16.2. The smallest absolute Gasteiger partial charge is 0.272 e. The molecule has 140 valence electrons. The number of hydrogen-bond donors (Lipinski definition) is 2. The third-order valence-corrected chi connectivity index (χ3v) is 5.27. The maximum absolute atomic E-state index is 12.7. The van der Waals surface area contributed by atoms with Gasteiger partial charge in [-0.15, -0.1) is 0 Å². The van der Waals surface area contributed by atoms with Crippen molar-refractivity contribution in [1.82, 2.24) is 25.3 Å². The molecule has 1 atom stereocenters. The Hall–Kier alpha value is -2.89. The Labute approximate surface area is 159 Å². The van der Waals surface area contributed by atoms with Gasteiger partial charge in [-0.2, -0.15) is 10.2 Å². The van der Waals surface area contributed by atoms with Crippen molar-refractivity contribution in [3.8, 4) is 5.69 Å². The van der Waals surface area contributed by atoms with Gasteiger partial charge in [0.25, 0.3) is 5.91 Å². The zero-order chi connectivity index (χ0) is 19.2. The lowest BCUT2D eigenvalue weighted by Crippen LogP contribution is -2.37. The van der Waals surface area contributed by atoms with E-state index in [1.54, 1.807) is 6.07 Å². The summed E-state index contributed by atoms with van der Waals surface area (Å²) in [6.07, 6.45) is 3.69. The normalized spacial score (nSPS) is 18.1. The first kappa shape index (κ1) is 17.5. The van der Waals surface area contributed by atoms with Crippen LogP contribution in [0.15, 0.2) is 36.5 Å². The fourth-order valence-electron chi connectivity index (χ4n) is 3.95. The van der Waals surface area contributed by atoms with Crippen molar-refractivity contribution in [3.05, 3.63) is 64.7 Å². The number of benzene rings is 1. The van der Waals surface area contributed by atoms with Crippen LogP contribution in [0.1, 0.15) is 59.3 Å². The van der Waals surface area contributed by atoms with E-state index in [1.807, 2.05) is 29.9 Å². The summed E-state index contributed by atoms with van der Waals surface area (Å²) in [6, 6.07) is 9.94. The van der Waals surface area contributed by atoms with Crippen LogP contribution in [0.3, 0.4) is 0 Å². The second-order valence-corrected chi connectivity index (χ2v) is 8.25. The molecule has 2 heterocycles. The van der Waals surface area contributed by atoms with Gasteiger partial charge in [0.1, 0.15) is 5.69 Å². The Morgan fingerprint density at radius 3 is 2.78 bits per heavy atom. The van der Waals surface area contributed by atoms with Gasteiger partial charge in [0, 0.05) is 11.3 Å². The minimum atomic E-state index is -0.156. The Morgan fingerprint density at radius 2 is 2.07 bits per heavy atom. The number of rotatable bonds is 3. The van der Waals surface area contributed by atoms with E-state index in [9.17, 15) is 4.79 Å². The molecule has 27 heavy (non-hydrogen) atoms. The number of aryl methyl sites for hydroxylation is 2. The summed E-state index contributed by atoms with van der Waals surface area (Å²) in [7, 11) is 0. The number of carbonyl (C=O) groups is 1. The zero-order valence-corrected chi connectivity index (χ0v) is 16.2. The van der Waals surface area contributed by atoms with E-state index < -0.39 is 0 Å². The van der Waals surface area contributed by atoms with Gasteiger partial charge in [-0.1, -0.05) is 32.0 Å². The molecule has 0 fully saturated rings. The molecule has 0 bridgehead atoms. The van der Waals surface area contributed by atoms with E-state index in [4.69, 9.17) is 0 Å². The van der Waals surface area contributed by atoms with Crippen LogP contribution in [0.25, 0.3) is 5.69 Å². The van der Waals surface area contributed by atoms with Crippen molar-refractivity contribution in [1.29, 1.82) is 0 Å². The van der Waals surface area contributed by atoms with Crippen LogP contribution >= 0.6 is 0 Å². The van der Waals surface area contributed by atoms with Gasteiger partial charge in [-0.25, -0.2) is 4.68 Å². The first-order chi connectivity index (χ1) is 12.8. The van der Waals surface area contributed by atoms with Gasteiger partial charge >= 0.3 is 0 Å². The Balaban J connectivity index is 1.70. The number of H-pyrrole nitrogens is 1. The van der Waals surface area contributed by atoms with Gasteiger partial charge in [-0.05, 0) is 49.8 Å². The highest BCUT2D eigenvalue weighted by molar-refractivity contribution is 5.92. The maximum atomic E-state index is 12.7. The largest absolute Gasteiger partial charge is 0.344 e. The van der Waals surface area contributed by atoms with Crippen LogP contribution in [-0.2, 0) is 6.42 Å². The minimum Gasteiger partial charge on any atom is -0.344 e. The second-order valence-electron chi connectivity index (χ2n) is 8.25. The first-order valence-electron chi connectivity index (χ1n) is 9.30. The second kappa shape index (κ2) is 6.37. The highest BCUT2D eigenvalue weighted by Gasteiger charge is 2.36. The molecule has 1 amide bonds. The summed E-state index contributed by atoms with van der Waals surface area (Å²) in [4.78, 5) is 12.7. The summed E-state index contributed by atoms with van der Waals surface area (Å²) in [5.74, 6) is -0.156. The van der Waals surface area contributed by atoms with Crippen molar-refractivity contribution in [3.63, 3.8) is 0 Å². The monoisotopic (exact) mass is 363 g/mol. The quantitative estimate of drug-likeness (QED) is 0.746. The van der Waals surface area contributed by atoms with Crippen LogP contribution in [-0.4, -0.2) is 25.9 Å². The lowest BCUT2D eigenvalue weighted by Gasteiger charge is -2.36. The summed E-state index contributed by atoms with van der Waals surface area (Å²) in [5.41, 5.74) is 5.89. The van der Waals surface area contributed by atoms with E-state index in [0.29, 0.717) is 5.69 Å². The molecule has 0 aliphatic heterocycles. The van der Waals surface area contributed by atoms with Gasteiger partial charge in [0.2, 0.25) is 0 Å². The Bertz CT molecular complexity index is 998. The lowest BCUT2D eigenvalue weighted by molar-refractivity contribution is 0.0914. The SMILES string of the molecule is Cc1cc(C(=O)N[C@@H]2CC(C)(C)Cc3c2cnn3-c2ccccc2C)n[nH]1. The van der Waals surface area contributed by atoms with E-state index in [-0.39, 0.29) is 17.4 Å². The van der Waals surface area contributed by atoms with E-state index >= 15 is 0 Å². The number of amides is 1. The molecule has 6 nitrogen and oxygen atoms in total. The molecular formula is C21H25N5O. The highest BCUT2D eigenvalue weighted by atomic mass is 16.2. The summed E-state index contributed by atoms with van der Waals surface area (Å²) >= 11 is 0. The predicted molar refractivity (Wildman–Crippen MR) is 104 cm³/mol. The molecule has 1 aliphatic rings. The van der Waals surface area contributed by atoms with Crippen molar-refractivity contribution < 1.29 is 4.79 Å². The molecule has 1 aromatic carbocycles. The predicted octanol–water partition coefficient (Wildman–Crippen LogP) is 3.66. The highest BCUT2D eigenvalue weighted by Crippen LogP contribution is 2.41. The van der Waals surface area contributed by atoms with Crippen molar-refractivity contribution in [2.45, 2.75) is 46.6 Å². The number of carbonyl (C=O) groups excluding carboxylic acids is 1. The number of para-hydroxylation sites is 1. The third-order valence-electron chi connectivity index (χ3n) is 5.27. The summed E-state index contributed by atoms with van der Waals surface area (Å²) < 4.78 is 2.03. The number of hydrogen-bond acceptors (Lipinski definition) is 3. The molecule has 4 rings (SSSR count). The van der Waals surface area contributed by atoms with Crippen molar-refractivity contribution >= 4 is 5.91 Å². The van der Waals surface area contributed by atoms with Gasteiger partial charge in [-0.3, -0.25) is 9.89 Å². The molecule has 2 N–H and O–H groups in total. The number of aromatic nitrogens is 4. The first-order valence-corrected chi connectivity index (χ1v) is 9.30. The number of fused-ring (bicyclic) bond motifs is 1. The average Bonchev–Trinajstić information content (AvgIpc) is 3.21. The molecule has 0 unspecified atom stereocenters. The third kappa shape index (κ3) is 3.27. The van der Waals surface area contributed by atoms with Crippen LogP contribution in [0, 0.1) is 19.3 Å². The lowest BCUT2D eigenvalue weighted by atomic mass is 9.74. The standard InChI is InChI=1S/C21H25N5O/c1-13-7-5-6-8-18(13)26-19-11-21(3,4)10-17(15(19)12-22-26)23-20(27)16-9-14(2)24-25-16/h5-9,12,17H,10-11H2,1-4H3,(H,23,27)(H,24,25)/t17-/m1/s1. The van der Waals surface area contributed by atoms with Gasteiger partial charge in [0.15, 0.2) is 0 Å². The minimum absolute atomic E-state index is 0.0624. The van der Waals surface area contributed by atoms with E-state index in [0.717, 1.165) is 29.8 Å². The van der Waals surface area contributed by atoms with Crippen LogP contribution in [0.2, 0.25) is 0 Å². The molecule has 3 aromatic rings. The van der Waals surface area contributed by atoms with Crippen LogP contribution in [0.4, 0.5) is 0 Å². The molecule has 0 radical (unpaired) electrons. The Morgan fingerprint density at radius 1 is 1.30 bits per heavy atom. The van der Waals surface area contributed by atoms with Crippen LogP contribution in [0.5, 0.6) is 0 Å². The number of aromatic amines is 1. The summed E-state index contributed by atoms with van der Waals surface area (Å²) in [6.45, 7) is 8.46. The van der Waals surface area contributed by atoms with E-state index in [1.165, 1.54) is 11.3 Å². The van der Waals surface area contributed by atoms with Crippen LogP contribution < -0.4 is 5.32 Å². The molecule has 0 saturated carbocycles. The van der Waals surface area contributed by atoms with Crippen molar-refractivity contribution in [2.24, 2.45) is 5.41 Å². The van der Waals surface area contributed by atoms with Gasteiger partial charge < -0.3 is 5.32 Å². The molecule has 6 heteroatoms. The number of nitrogens with one attached hydrogen (secondary N) is 2. The molecule has 0 spiro atoms.